The summed E-state index contributed by atoms with van der Waals surface area (Å²) in [7, 11) is 0. The molecule has 0 spiro atoms. The SMILES string of the molecule is CC(=CC(=O)Nc1ccc(C(=O)OCC(=O)Nc2cc(C)cc(C)c2)cc1)C(=O)O. The summed E-state index contributed by atoms with van der Waals surface area (Å²) in [6.45, 7) is 4.69. The number of esters is 1. The lowest BCUT2D eigenvalue weighted by Crippen LogP contribution is -2.21. The number of benzene rings is 2. The highest BCUT2D eigenvalue weighted by Crippen LogP contribution is 2.14. The molecule has 2 rings (SSSR count). The summed E-state index contributed by atoms with van der Waals surface area (Å²) < 4.78 is 5.01. The first-order valence-corrected chi connectivity index (χ1v) is 9.02. The minimum atomic E-state index is -1.19. The number of aliphatic carboxylic acids is 1. The Kier molecular flexibility index (Phi) is 7.46. The number of hydrogen-bond acceptors (Lipinski definition) is 5. The first kappa shape index (κ1) is 22.4. The molecule has 0 saturated heterocycles. The lowest BCUT2D eigenvalue weighted by Gasteiger charge is -2.09. The molecule has 156 valence electrons. The molecule has 0 aromatic heterocycles. The van der Waals surface area contributed by atoms with Crippen molar-refractivity contribution >= 4 is 35.1 Å². The second kappa shape index (κ2) is 10.0. The van der Waals surface area contributed by atoms with Gasteiger partial charge in [0.2, 0.25) is 5.91 Å². The summed E-state index contributed by atoms with van der Waals surface area (Å²) in [6, 6.07) is 11.4. The highest BCUT2D eigenvalue weighted by Gasteiger charge is 2.11. The highest BCUT2D eigenvalue weighted by molar-refractivity contribution is 6.04. The van der Waals surface area contributed by atoms with Crippen LogP contribution in [0, 0.1) is 13.8 Å². The van der Waals surface area contributed by atoms with Gasteiger partial charge in [-0.3, -0.25) is 9.59 Å². The molecule has 0 unspecified atom stereocenters. The van der Waals surface area contributed by atoms with Gasteiger partial charge in [0.25, 0.3) is 5.91 Å². The van der Waals surface area contributed by atoms with Crippen LogP contribution in [0.3, 0.4) is 0 Å². The summed E-state index contributed by atoms with van der Waals surface area (Å²) in [5, 5.41) is 13.9. The molecule has 0 aliphatic heterocycles. The summed E-state index contributed by atoms with van der Waals surface area (Å²) in [5.41, 5.74) is 3.10. The normalized spacial score (nSPS) is 10.8. The van der Waals surface area contributed by atoms with E-state index in [9.17, 15) is 19.2 Å². The number of hydrogen-bond donors (Lipinski definition) is 3. The van der Waals surface area contributed by atoms with Crippen LogP contribution >= 0.6 is 0 Å². The van der Waals surface area contributed by atoms with Gasteiger partial charge in [0, 0.05) is 23.0 Å². The number of ether oxygens (including phenoxy) is 1. The van der Waals surface area contributed by atoms with Crippen LogP contribution in [0.4, 0.5) is 11.4 Å². The van der Waals surface area contributed by atoms with Crippen molar-refractivity contribution in [2.24, 2.45) is 0 Å². The van der Waals surface area contributed by atoms with Crippen LogP contribution in [0.2, 0.25) is 0 Å². The minimum absolute atomic E-state index is 0.105. The standard InChI is InChI=1S/C22H22N2O6/c1-13-8-14(2)10-18(9-13)24-20(26)12-30-22(29)16-4-6-17(7-5-16)23-19(25)11-15(3)21(27)28/h4-11H,12H2,1-3H3,(H,23,25)(H,24,26)(H,27,28). The van der Waals surface area contributed by atoms with Crippen molar-refractivity contribution in [3.05, 3.63) is 70.8 Å². The van der Waals surface area contributed by atoms with Crippen LogP contribution in [0.5, 0.6) is 0 Å². The second-order valence-corrected chi connectivity index (χ2v) is 6.70. The second-order valence-electron chi connectivity index (χ2n) is 6.70. The maximum atomic E-state index is 12.1. The molecule has 0 fully saturated rings. The first-order chi connectivity index (χ1) is 14.1. The van der Waals surface area contributed by atoms with Gasteiger partial charge in [0.05, 0.1) is 5.56 Å². The molecule has 0 saturated carbocycles. The van der Waals surface area contributed by atoms with Crippen molar-refractivity contribution < 1.29 is 29.0 Å². The summed E-state index contributed by atoms with van der Waals surface area (Å²) in [4.78, 5) is 46.5. The van der Waals surface area contributed by atoms with Crippen molar-refractivity contribution in [3.8, 4) is 0 Å². The first-order valence-electron chi connectivity index (χ1n) is 9.02. The Morgan fingerprint density at radius 1 is 0.933 bits per heavy atom. The Hall–Kier alpha value is -3.94. The van der Waals surface area contributed by atoms with E-state index in [1.54, 1.807) is 0 Å². The zero-order valence-corrected chi connectivity index (χ0v) is 16.8. The van der Waals surface area contributed by atoms with Crippen molar-refractivity contribution in [2.75, 3.05) is 17.2 Å². The molecule has 2 aromatic carbocycles. The van der Waals surface area contributed by atoms with Gasteiger partial charge in [0.1, 0.15) is 0 Å². The summed E-state index contributed by atoms with van der Waals surface area (Å²) in [6.07, 6.45) is 0.957. The number of rotatable bonds is 7. The number of carbonyl (C=O) groups is 4. The van der Waals surface area contributed by atoms with Gasteiger partial charge in [-0.15, -0.1) is 0 Å². The average molecular weight is 410 g/mol. The van der Waals surface area contributed by atoms with Crippen molar-refractivity contribution in [1.82, 2.24) is 0 Å². The van der Waals surface area contributed by atoms with E-state index in [0.29, 0.717) is 11.4 Å². The van der Waals surface area contributed by atoms with Gasteiger partial charge in [-0.1, -0.05) is 6.07 Å². The van der Waals surface area contributed by atoms with Gasteiger partial charge in [0.15, 0.2) is 6.61 Å². The van der Waals surface area contributed by atoms with Crippen LogP contribution in [0.15, 0.2) is 54.1 Å². The molecule has 30 heavy (non-hydrogen) atoms. The van der Waals surface area contributed by atoms with E-state index in [1.807, 2.05) is 32.0 Å². The molecular weight excluding hydrogens is 388 g/mol. The maximum Gasteiger partial charge on any atom is 0.338 e. The molecule has 2 aromatic rings. The smallest absolute Gasteiger partial charge is 0.338 e. The molecule has 0 radical (unpaired) electrons. The molecule has 8 heteroatoms. The number of anilines is 2. The quantitative estimate of drug-likeness (QED) is 0.476. The van der Waals surface area contributed by atoms with Crippen LogP contribution in [0.25, 0.3) is 0 Å². The summed E-state index contributed by atoms with van der Waals surface area (Å²) in [5.74, 6) is -2.94. The van der Waals surface area contributed by atoms with Crippen molar-refractivity contribution in [2.45, 2.75) is 20.8 Å². The van der Waals surface area contributed by atoms with Crippen molar-refractivity contribution in [1.29, 1.82) is 0 Å². The number of carboxylic acids is 1. The molecule has 0 aliphatic rings. The molecule has 0 bridgehead atoms. The van der Waals surface area contributed by atoms with E-state index < -0.39 is 30.4 Å². The van der Waals surface area contributed by atoms with Gasteiger partial charge < -0.3 is 20.5 Å². The zero-order valence-electron chi connectivity index (χ0n) is 16.8. The van der Waals surface area contributed by atoms with E-state index in [4.69, 9.17) is 9.84 Å². The average Bonchev–Trinajstić information content (AvgIpc) is 2.65. The number of aryl methyl sites for hydroxylation is 2. The highest BCUT2D eigenvalue weighted by atomic mass is 16.5. The molecule has 8 nitrogen and oxygen atoms in total. The Balaban J connectivity index is 1.88. The third-order valence-electron chi connectivity index (χ3n) is 3.91. The third kappa shape index (κ3) is 6.90. The largest absolute Gasteiger partial charge is 0.478 e. The lowest BCUT2D eigenvalue weighted by molar-refractivity contribution is -0.132. The maximum absolute atomic E-state index is 12.1. The topological polar surface area (TPSA) is 122 Å². The molecule has 2 amide bonds. The lowest BCUT2D eigenvalue weighted by atomic mass is 10.1. The Labute approximate surface area is 173 Å². The van der Waals surface area contributed by atoms with Gasteiger partial charge in [-0.2, -0.15) is 0 Å². The Bertz CT molecular complexity index is 989. The molecule has 0 atom stereocenters. The Morgan fingerprint density at radius 2 is 1.53 bits per heavy atom. The van der Waals surface area contributed by atoms with E-state index in [1.165, 1.54) is 31.2 Å². The van der Waals surface area contributed by atoms with Crippen molar-refractivity contribution in [3.63, 3.8) is 0 Å². The predicted molar refractivity (Wildman–Crippen MR) is 111 cm³/mol. The number of amides is 2. The molecular formula is C22H22N2O6. The van der Waals surface area contributed by atoms with E-state index >= 15 is 0 Å². The van der Waals surface area contributed by atoms with E-state index in [-0.39, 0.29) is 11.1 Å². The summed E-state index contributed by atoms with van der Waals surface area (Å²) >= 11 is 0. The fraction of sp³-hybridized carbons (Fsp3) is 0.182. The van der Waals surface area contributed by atoms with E-state index in [0.717, 1.165) is 17.2 Å². The third-order valence-corrected chi connectivity index (χ3v) is 3.91. The van der Waals surface area contributed by atoms with Gasteiger partial charge in [-0.05, 0) is 68.3 Å². The van der Waals surface area contributed by atoms with Crippen LogP contribution in [-0.2, 0) is 19.1 Å². The van der Waals surface area contributed by atoms with Gasteiger partial charge >= 0.3 is 11.9 Å². The monoisotopic (exact) mass is 410 g/mol. The number of carboxylic acid groups (broad SMARTS) is 1. The van der Waals surface area contributed by atoms with Crippen LogP contribution in [0.1, 0.15) is 28.4 Å². The number of nitrogens with one attached hydrogen (secondary N) is 2. The predicted octanol–water partition coefficient (Wildman–Crippen LogP) is 3.07. The molecule has 3 N–H and O–H groups in total. The van der Waals surface area contributed by atoms with Crippen LogP contribution < -0.4 is 10.6 Å². The van der Waals surface area contributed by atoms with E-state index in [2.05, 4.69) is 10.6 Å². The molecule has 0 heterocycles. The number of carbonyl (C=O) groups excluding carboxylic acids is 3. The zero-order chi connectivity index (χ0) is 22.3. The van der Waals surface area contributed by atoms with Gasteiger partial charge in [-0.25, -0.2) is 9.59 Å². The minimum Gasteiger partial charge on any atom is -0.478 e. The fourth-order valence-corrected chi connectivity index (χ4v) is 2.58. The van der Waals surface area contributed by atoms with Crippen LogP contribution in [-0.4, -0.2) is 35.5 Å². The molecule has 0 aliphatic carbocycles. The fourth-order valence-electron chi connectivity index (χ4n) is 2.58. The Morgan fingerprint density at radius 3 is 2.10 bits per heavy atom.